The van der Waals surface area contributed by atoms with E-state index in [0.717, 1.165) is 30.8 Å². The zero-order chi connectivity index (χ0) is 18.0. The third-order valence-corrected chi connectivity index (χ3v) is 9.36. The summed E-state index contributed by atoms with van der Waals surface area (Å²) >= 11 is 0. The fourth-order valence-electron chi connectivity index (χ4n) is 8.98. The summed E-state index contributed by atoms with van der Waals surface area (Å²) in [6, 6.07) is 6.51. The maximum atomic E-state index is 13.9. The molecule has 1 aromatic carbocycles. The van der Waals surface area contributed by atoms with Crippen LogP contribution in [0.25, 0.3) is 0 Å². The van der Waals surface area contributed by atoms with Gasteiger partial charge in [0.15, 0.2) is 5.78 Å². The molecule has 5 heterocycles. The minimum absolute atomic E-state index is 0.152. The Morgan fingerprint density at radius 3 is 3.11 bits per heavy atom. The molecule has 6 heteroatoms. The topological polar surface area (TPSA) is 76.8 Å². The summed E-state index contributed by atoms with van der Waals surface area (Å²) in [7, 11) is 1.71. The van der Waals surface area contributed by atoms with Crippen LogP contribution in [-0.4, -0.2) is 53.8 Å². The van der Waals surface area contributed by atoms with Gasteiger partial charge in [0.1, 0.15) is 17.5 Å². The first kappa shape index (κ1) is 14.2. The van der Waals surface area contributed by atoms with Crippen molar-refractivity contribution >= 4 is 11.5 Å². The summed E-state index contributed by atoms with van der Waals surface area (Å²) in [6.45, 7) is 0.849. The molecule has 0 aromatic heterocycles. The van der Waals surface area contributed by atoms with Crippen molar-refractivity contribution in [3.8, 4) is 5.75 Å². The third kappa shape index (κ3) is 0.921. The number of carbonyl (C=O) groups is 1. The lowest BCUT2D eigenvalue weighted by Crippen LogP contribution is -2.90. The quantitative estimate of drug-likeness (QED) is 0.718. The minimum Gasteiger partial charge on any atom is -0.495 e. The number of anilines is 1. The van der Waals surface area contributed by atoms with Gasteiger partial charge in [0.2, 0.25) is 0 Å². The number of hydrogen-bond acceptors (Lipinski definition) is 6. The molecule has 9 aliphatic rings. The van der Waals surface area contributed by atoms with Crippen molar-refractivity contribution < 1.29 is 14.3 Å². The average Bonchev–Trinajstić information content (AvgIpc) is 3.15. The van der Waals surface area contributed by atoms with Gasteiger partial charge in [-0.2, -0.15) is 0 Å². The SMILES string of the molecule is COc1cccc2c1NC13CCC45C=CCN6C7OC4C1(N)C(=O)C7C23C65. The Hall–Kier alpha value is -1.89. The van der Waals surface area contributed by atoms with E-state index in [1.807, 2.05) is 6.07 Å². The average molecular weight is 363 g/mol. The Labute approximate surface area is 156 Å². The lowest BCUT2D eigenvalue weighted by Gasteiger charge is -2.72. The largest absolute Gasteiger partial charge is 0.495 e. The zero-order valence-electron chi connectivity index (χ0n) is 15.1. The second kappa shape index (κ2) is 3.56. The van der Waals surface area contributed by atoms with E-state index in [9.17, 15) is 4.79 Å². The number of rotatable bonds is 1. The molecule has 9 bridgehead atoms. The lowest BCUT2D eigenvalue weighted by molar-refractivity contribution is -0.267. The van der Waals surface area contributed by atoms with Crippen LogP contribution in [0.2, 0.25) is 0 Å². The molecule has 6 nitrogen and oxygen atoms in total. The fourth-order valence-corrected chi connectivity index (χ4v) is 8.98. The number of Topliss-reactive ketones (excluding diaryl/α,β-unsaturated/α-hetero) is 1. The highest BCUT2D eigenvalue weighted by atomic mass is 16.5. The standard InChI is InChI=1S/C21H21N3O3/c1-26-11-5-2-4-10-13(11)23-19-8-7-18-6-3-9-24-15-12(20(10,19)16(18)24)14(25)21(19,22)17(18)27-15/h2-6,12,15-17,23H,7-9,22H2,1H3. The van der Waals surface area contributed by atoms with Gasteiger partial charge in [-0.3, -0.25) is 9.69 Å². The van der Waals surface area contributed by atoms with E-state index in [1.54, 1.807) is 7.11 Å². The van der Waals surface area contributed by atoms with Gasteiger partial charge in [-0.05, 0) is 24.5 Å². The number of methoxy groups -OCH3 is 1. The monoisotopic (exact) mass is 363 g/mol. The number of benzene rings is 1. The van der Waals surface area contributed by atoms with Gasteiger partial charge in [0.05, 0.1) is 35.8 Å². The van der Waals surface area contributed by atoms with Crippen LogP contribution in [0.15, 0.2) is 30.4 Å². The van der Waals surface area contributed by atoms with Crippen LogP contribution < -0.4 is 15.8 Å². The molecule has 9 atom stereocenters. The van der Waals surface area contributed by atoms with E-state index in [2.05, 4.69) is 34.5 Å². The minimum atomic E-state index is -0.985. The van der Waals surface area contributed by atoms with Crippen molar-refractivity contribution in [2.75, 3.05) is 19.0 Å². The van der Waals surface area contributed by atoms with Gasteiger partial charge < -0.3 is 20.5 Å². The number of hydrogen-bond donors (Lipinski definition) is 2. The molecular weight excluding hydrogens is 342 g/mol. The predicted octanol–water partition coefficient (Wildman–Crippen LogP) is 0.766. The van der Waals surface area contributed by atoms with Crippen molar-refractivity contribution in [2.24, 2.45) is 17.1 Å². The second-order valence-electron chi connectivity index (χ2n) is 9.51. The second-order valence-corrected chi connectivity index (χ2v) is 9.51. The van der Waals surface area contributed by atoms with Gasteiger partial charge in [0.25, 0.3) is 0 Å². The summed E-state index contributed by atoms with van der Waals surface area (Å²) in [5.41, 5.74) is 7.43. The first-order valence-electron chi connectivity index (χ1n) is 9.96. The summed E-state index contributed by atoms with van der Waals surface area (Å²) in [5, 5.41) is 3.82. The fraction of sp³-hybridized carbons (Fsp3) is 0.571. The Morgan fingerprint density at radius 2 is 2.26 bits per heavy atom. The number of para-hydroxylation sites is 1. The number of nitrogens with one attached hydrogen (secondary N) is 1. The van der Waals surface area contributed by atoms with Crippen molar-refractivity contribution in [3.63, 3.8) is 0 Å². The summed E-state index contributed by atoms with van der Waals surface area (Å²) in [5.74, 6) is 0.860. The van der Waals surface area contributed by atoms with E-state index in [0.29, 0.717) is 0 Å². The highest BCUT2D eigenvalue weighted by molar-refractivity contribution is 6.05. The van der Waals surface area contributed by atoms with Gasteiger partial charge in [-0.1, -0.05) is 24.3 Å². The number of carbonyl (C=O) groups excluding carboxylic acids is 1. The predicted molar refractivity (Wildman–Crippen MR) is 96.4 cm³/mol. The molecule has 3 saturated heterocycles. The van der Waals surface area contributed by atoms with Crippen LogP contribution in [0.3, 0.4) is 0 Å². The van der Waals surface area contributed by atoms with Gasteiger partial charge in [0, 0.05) is 18.0 Å². The molecule has 4 saturated carbocycles. The summed E-state index contributed by atoms with van der Waals surface area (Å²) < 4.78 is 12.4. The molecule has 9 unspecified atom stereocenters. The highest BCUT2D eigenvalue weighted by Crippen LogP contribution is 2.83. The Morgan fingerprint density at radius 1 is 1.37 bits per heavy atom. The molecule has 0 amide bonds. The van der Waals surface area contributed by atoms with E-state index in [1.165, 1.54) is 5.56 Å². The molecule has 4 aliphatic carbocycles. The van der Waals surface area contributed by atoms with Crippen LogP contribution in [-0.2, 0) is 14.9 Å². The molecule has 7 fully saturated rings. The molecule has 3 N–H and O–H groups in total. The number of nitrogens with zero attached hydrogens (tertiary/aromatic N) is 1. The Kier molecular flexibility index (Phi) is 1.87. The highest BCUT2D eigenvalue weighted by Gasteiger charge is 2.97. The number of nitrogens with two attached hydrogens (primary N) is 1. The lowest BCUT2D eigenvalue weighted by atomic mass is 9.39. The van der Waals surface area contributed by atoms with Crippen LogP contribution in [0.4, 0.5) is 5.69 Å². The van der Waals surface area contributed by atoms with Crippen molar-refractivity contribution in [1.29, 1.82) is 0 Å². The molecule has 1 aromatic rings. The molecule has 138 valence electrons. The molecule has 5 aliphatic heterocycles. The van der Waals surface area contributed by atoms with Crippen LogP contribution in [0, 0.1) is 11.3 Å². The first-order valence-corrected chi connectivity index (χ1v) is 9.96. The normalized spacial score (nSPS) is 58.6. The van der Waals surface area contributed by atoms with Crippen molar-refractivity contribution in [2.45, 2.75) is 47.7 Å². The molecule has 27 heavy (non-hydrogen) atoms. The zero-order valence-corrected chi connectivity index (χ0v) is 15.1. The van der Waals surface area contributed by atoms with E-state index in [-0.39, 0.29) is 40.9 Å². The van der Waals surface area contributed by atoms with Gasteiger partial charge in [-0.25, -0.2) is 0 Å². The van der Waals surface area contributed by atoms with Crippen LogP contribution >= 0.6 is 0 Å². The van der Waals surface area contributed by atoms with Crippen LogP contribution in [0.5, 0.6) is 5.75 Å². The van der Waals surface area contributed by atoms with Crippen LogP contribution in [0.1, 0.15) is 18.4 Å². The molecule has 0 radical (unpaired) electrons. The smallest absolute Gasteiger partial charge is 0.165 e. The first-order chi connectivity index (χ1) is 13.1. The Bertz CT molecular complexity index is 1020. The Balaban J connectivity index is 1.58. The molecular formula is C21H21N3O3. The van der Waals surface area contributed by atoms with E-state index in [4.69, 9.17) is 15.2 Å². The summed E-state index contributed by atoms with van der Waals surface area (Å²) in [6.07, 6.45) is 6.13. The van der Waals surface area contributed by atoms with E-state index >= 15 is 0 Å². The third-order valence-electron chi connectivity index (χ3n) is 9.36. The maximum Gasteiger partial charge on any atom is 0.165 e. The van der Waals surface area contributed by atoms with Crippen molar-refractivity contribution in [1.82, 2.24) is 4.90 Å². The number of ether oxygens (including phenoxy) is 2. The molecule has 10 rings (SSSR count). The van der Waals surface area contributed by atoms with Gasteiger partial charge >= 0.3 is 0 Å². The number of fused-ring (bicyclic) bond motifs is 2. The van der Waals surface area contributed by atoms with Gasteiger partial charge in [-0.15, -0.1) is 0 Å². The number of ketones is 1. The maximum absolute atomic E-state index is 13.9. The van der Waals surface area contributed by atoms with E-state index < -0.39 is 11.1 Å². The van der Waals surface area contributed by atoms with Crippen molar-refractivity contribution in [3.05, 3.63) is 35.9 Å². The molecule has 3 spiro atoms. The summed E-state index contributed by atoms with van der Waals surface area (Å²) in [4.78, 5) is 16.3.